The molecule has 0 aliphatic heterocycles. The molecule has 0 heterocycles. The lowest BCUT2D eigenvalue weighted by Gasteiger charge is -2.33. The molecule has 0 bridgehead atoms. The molecule has 0 aromatic heterocycles. The fraction of sp³-hybridized carbons (Fsp3) is 1.00. The number of hydrogen-bond acceptors (Lipinski definition) is 8. The predicted octanol–water partition coefficient (Wildman–Crippen LogP) is 6.60. The van der Waals surface area contributed by atoms with E-state index in [9.17, 15) is 70.9 Å². The van der Waals surface area contributed by atoms with Crippen LogP contribution in [-0.4, -0.2) is 52.8 Å². The molecule has 0 rings (SSSR count). The van der Waals surface area contributed by atoms with E-state index in [0.29, 0.717) is 0 Å². The van der Waals surface area contributed by atoms with Crippen LogP contribution in [0.15, 0.2) is 0 Å². The Morgan fingerprint density at radius 3 is 1.26 bits per heavy atom. The minimum atomic E-state index is -5.43. The topological polar surface area (TPSA) is 173 Å². The van der Waals surface area contributed by atoms with Crippen LogP contribution in [0.5, 0.6) is 0 Å². The Bertz CT molecular complexity index is 831. The van der Waals surface area contributed by atoms with Gasteiger partial charge in [0.1, 0.15) is 6.61 Å². The van der Waals surface area contributed by atoms with Crippen LogP contribution in [0.25, 0.3) is 0 Å². The number of aliphatic hydroxyl groups excluding tert-OH is 1. The van der Waals surface area contributed by atoms with Crippen LogP contribution in [-0.2, 0) is 27.4 Å². The smallest absolute Gasteiger partial charge is 0.396 e. The number of nitrogens with two attached hydrogens (primary N) is 1. The van der Waals surface area contributed by atoms with Gasteiger partial charge in [0.2, 0.25) is 0 Å². The monoisotopic (exact) mass is 670 g/mol. The number of halogens is 12. The second kappa shape index (κ2) is 16.0. The second-order valence-corrected chi connectivity index (χ2v) is 12.5. The summed E-state index contributed by atoms with van der Waals surface area (Å²) < 4.78 is 193. The van der Waals surface area contributed by atoms with Crippen molar-refractivity contribution in [3.8, 4) is 0 Å². The SMILES string of the molecule is CC(CCCO)(C(F)(F)F)C(F)(F)F.CC(CCCO[P+](=O)ON)(C(F)(F)F)C(F)(F)F.O=P(=O)P(=O)(O)O. The normalized spacial score (nSPS) is 14.1. The maximum atomic E-state index is 12.4. The molecule has 10 nitrogen and oxygen atoms in total. The van der Waals surface area contributed by atoms with E-state index in [-0.39, 0.29) is 13.8 Å². The Morgan fingerprint density at radius 1 is 0.769 bits per heavy atom. The molecule has 1 unspecified atom stereocenters. The molecule has 0 aromatic rings. The third-order valence-corrected chi connectivity index (χ3v) is 6.92. The van der Waals surface area contributed by atoms with Crippen LogP contribution in [0.1, 0.15) is 39.5 Å². The van der Waals surface area contributed by atoms with Gasteiger partial charge in [-0.05, 0) is 44.2 Å². The third-order valence-electron chi connectivity index (χ3n) is 4.65. The summed E-state index contributed by atoms with van der Waals surface area (Å²) >= 11 is 0. The number of aliphatic hydroxyl groups is 1. The fourth-order valence-corrected chi connectivity index (χ4v) is 2.26. The number of hydrogen-bond donors (Lipinski definition) is 4. The van der Waals surface area contributed by atoms with Crippen molar-refractivity contribution in [3.63, 3.8) is 0 Å². The highest BCUT2D eigenvalue weighted by Crippen LogP contribution is 2.54. The van der Waals surface area contributed by atoms with Gasteiger partial charge in [-0.15, -0.1) is 4.52 Å². The Kier molecular flexibility index (Phi) is 17.4. The van der Waals surface area contributed by atoms with E-state index in [0.717, 1.165) is 0 Å². The summed E-state index contributed by atoms with van der Waals surface area (Å²) in [6, 6.07) is 0. The zero-order chi connectivity index (χ0) is 32.3. The van der Waals surface area contributed by atoms with Crippen LogP contribution in [0.4, 0.5) is 52.7 Å². The molecule has 0 aliphatic carbocycles. The van der Waals surface area contributed by atoms with Crippen LogP contribution in [0, 0.1) is 10.8 Å². The van der Waals surface area contributed by atoms with Gasteiger partial charge in [0.05, 0.1) is 0 Å². The Balaban J connectivity index is -0.000000546. The van der Waals surface area contributed by atoms with Crippen molar-refractivity contribution in [2.45, 2.75) is 64.2 Å². The van der Waals surface area contributed by atoms with E-state index >= 15 is 0 Å². The van der Waals surface area contributed by atoms with Gasteiger partial charge in [0, 0.05) is 11.2 Å². The average Bonchev–Trinajstić information content (AvgIpc) is 2.71. The van der Waals surface area contributed by atoms with Gasteiger partial charge in [-0.3, -0.25) is 0 Å². The van der Waals surface area contributed by atoms with Gasteiger partial charge in [0.15, 0.2) is 10.8 Å². The van der Waals surface area contributed by atoms with E-state index < -0.39 is 97.3 Å². The van der Waals surface area contributed by atoms with Gasteiger partial charge in [-0.1, -0.05) is 0 Å². The molecule has 0 spiro atoms. The molecular weight excluding hydrogens is 647 g/mol. The van der Waals surface area contributed by atoms with Gasteiger partial charge in [0.25, 0.3) is 0 Å². The zero-order valence-electron chi connectivity index (χ0n) is 19.5. The maximum Gasteiger partial charge on any atom is 0.716 e. The largest absolute Gasteiger partial charge is 0.716 e. The molecule has 5 N–H and O–H groups in total. The van der Waals surface area contributed by atoms with Crippen molar-refractivity contribution < 1.29 is 95.0 Å². The highest BCUT2D eigenvalue weighted by molar-refractivity contribution is 8.16. The van der Waals surface area contributed by atoms with Crippen molar-refractivity contribution in [2.75, 3.05) is 13.2 Å². The molecular formula is C14H23F12NO9P3+. The Morgan fingerprint density at radius 2 is 1.05 bits per heavy atom. The Hall–Kier alpha value is -0.850. The van der Waals surface area contributed by atoms with Gasteiger partial charge < -0.3 is 14.9 Å². The number of alkyl halides is 12. The number of rotatable bonds is 10. The van der Waals surface area contributed by atoms with Gasteiger partial charge in [-0.25, -0.2) is 13.7 Å². The van der Waals surface area contributed by atoms with E-state index in [1.54, 1.807) is 0 Å². The second-order valence-electron chi connectivity index (χ2n) is 7.50. The summed E-state index contributed by atoms with van der Waals surface area (Å²) in [5, 5.41) is 8.23. The molecule has 0 aliphatic rings. The first kappa shape index (κ1) is 42.6. The molecule has 0 saturated heterocycles. The van der Waals surface area contributed by atoms with E-state index in [4.69, 9.17) is 14.9 Å². The Labute approximate surface area is 213 Å². The first-order valence-electron chi connectivity index (χ1n) is 9.51. The molecule has 39 heavy (non-hydrogen) atoms. The minimum Gasteiger partial charge on any atom is -0.396 e. The lowest BCUT2D eigenvalue weighted by atomic mass is 9.84. The third kappa shape index (κ3) is 14.6. The highest BCUT2D eigenvalue weighted by atomic mass is 32.1. The summed E-state index contributed by atoms with van der Waals surface area (Å²) in [6.07, 6.45) is -25.1. The van der Waals surface area contributed by atoms with Crippen molar-refractivity contribution in [3.05, 3.63) is 0 Å². The van der Waals surface area contributed by atoms with E-state index in [1.807, 2.05) is 0 Å². The van der Waals surface area contributed by atoms with Crippen molar-refractivity contribution in [1.29, 1.82) is 0 Å². The minimum absolute atomic E-state index is 0.0619. The quantitative estimate of drug-likeness (QED) is 0.0858. The first-order chi connectivity index (χ1) is 17.0. The summed E-state index contributed by atoms with van der Waals surface area (Å²) in [4.78, 5) is 15.2. The highest BCUT2D eigenvalue weighted by Gasteiger charge is 2.67. The molecule has 1 atom stereocenters. The standard InChI is InChI=1S/C7H11F6NO3P.C7H10F6O.H2O5P2/c1-5(6(8,9)10,7(11,12)13)3-2-4-16-18(15)17-14;1-5(3-2-4-14,6(8,9)10)7(11,12)13;1-6(2)7(3,4)5/h2-4,14H2,1H3;14H,2-4H2,1H3;(H2,3,4,5)/q+1;;. The van der Waals surface area contributed by atoms with E-state index in [1.165, 1.54) is 0 Å². The van der Waals surface area contributed by atoms with Crippen LogP contribution in [0.2, 0.25) is 0 Å². The molecule has 0 saturated carbocycles. The molecule has 0 aromatic carbocycles. The molecule has 25 heteroatoms. The van der Waals surface area contributed by atoms with Crippen molar-refractivity contribution >= 4 is 22.9 Å². The van der Waals surface area contributed by atoms with E-state index in [2.05, 4.69) is 15.0 Å². The van der Waals surface area contributed by atoms with Crippen molar-refractivity contribution in [2.24, 2.45) is 16.7 Å². The molecule has 0 fully saturated rings. The zero-order valence-corrected chi connectivity index (χ0v) is 22.2. The average molecular weight is 670 g/mol. The predicted molar refractivity (Wildman–Crippen MR) is 105 cm³/mol. The van der Waals surface area contributed by atoms with Crippen molar-refractivity contribution in [1.82, 2.24) is 0 Å². The summed E-state index contributed by atoms with van der Waals surface area (Å²) in [6.45, 7) is -1.12. The fourth-order valence-electron chi connectivity index (χ4n) is 1.92. The maximum absolute atomic E-state index is 12.4. The molecule has 0 amide bonds. The lowest BCUT2D eigenvalue weighted by Crippen LogP contribution is -2.47. The summed E-state index contributed by atoms with van der Waals surface area (Å²) in [5.74, 6) is 4.41. The molecule has 236 valence electrons. The van der Waals surface area contributed by atoms with Gasteiger partial charge >= 0.3 is 47.6 Å². The van der Waals surface area contributed by atoms with Gasteiger partial charge in [-0.2, -0.15) is 58.6 Å². The first-order valence-corrected chi connectivity index (χ1v) is 14.1. The lowest BCUT2D eigenvalue weighted by molar-refractivity contribution is -0.338. The summed E-state index contributed by atoms with van der Waals surface area (Å²) in [5.41, 5.74) is -7.57. The molecule has 0 radical (unpaired) electrons. The summed E-state index contributed by atoms with van der Waals surface area (Å²) in [7, 11) is -11.1. The van der Waals surface area contributed by atoms with Crippen LogP contribution >= 0.6 is 22.9 Å². The van der Waals surface area contributed by atoms with Crippen LogP contribution < -0.4 is 5.90 Å². The van der Waals surface area contributed by atoms with Crippen LogP contribution in [0.3, 0.4) is 0 Å².